The number of aromatic nitrogens is 3. The van der Waals surface area contributed by atoms with Crippen LogP contribution in [0.15, 0.2) is 42.5 Å². The summed E-state index contributed by atoms with van der Waals surface area (Å²) in [5.41, 5.74) is 1.35. The lowest BCUT2D eigenvalue weighted by atomic mass is 10.1. The maximum Gasteiger partial charge on any atom is 0.291 e. The van der Waals surface area contributed by atoms with Crippen molar-refractivity contribution in [1.82, 2.24) is 20.1 Å². The monoisotopic (exact) mass is 388 g/mol. The average molecular weight is 389 g/mol. The molecular weight excluding hydrogens is 371 g/mol. The molecule has 1 N–H and O–H groups in total. The second-order valence-corrected chi connectivity index (χ2v) is 6.40. The summed E-state index contributed by atoms with van der Waals surface area (Å²) in [7, 11) is 1.40. The van der Waals surface area contributed by atoms with E-state index in [4.69, 9.17) is 16.3 Å². The van der Waals surface area contributed by atoms with Crippen LogP contribution in [-0.4, -0.2) is 27.8 Å². The molecule has 140 valence electrons. The van der Waals surface area contributed by atoms with Crippen molar-refractivity contribution in [1.29, 1.82) is 0 Å². The highest BCUT2D eigenvalue weighted by atomic mass is 35.5. The Kier molecular flexibility index (Phi) is 5.41. The molecule has 3 aromatic rings. The number of nitrogens with zero attached hydrogens (tertiary/aromatic N) is 3. The zero-order valence-electron chi connectivity index (χ0n) is 15.0. The SMILES string of the molecule is COc1ccc(C(C)NC(=O)c2nc(C)n(-c3ccc(Cl)cc3)n2)cc1F. The van der Waals surface area contributed by atoms with Gasteiger partial charge in [0.1, 0.15) is 5.82 Å². The molecule has 8 heteroatoms. The summed E-state index contributed by atoms with van der Waals surface area (Å²) >= 11 is 5.90. The number of amides is 1. The van der Waals surface area contributed by atoms with E-state index in [0.29, 0.717) is 16.4 Å². The van der Waals surface area contributed by atoms with Gasteiger partial charge in [0.05, 0.1) is 18.8 Å². The molecule has 0 saturated carbocycles. The van der Waals surface area contributed by atoms with E-state index in [-0.39, 0.29) is 11.6 Å². The third-order valence-electron chi connectivity index (χ3n) is 4.07. The molecule has 3 rings (SSSR count). The summed E-state index contributed by atoms with van der Waals surface area (Å²) in [5.74, 6) is -0.197. The lowest BCUT2D eigenvalue weighted by molar-refractivity contribution is 0.0929. The number of hydrogen-bond acceptors (Lipinski definition) is 4. The van der Waals surface area contributed by atoms with Gasteiger partial charge in [0.15, 0.2) is 11.6 Å². The predicted octanol–water partition coefficient (Wildman–Crippen LogP) is 3.87. The Balaban J connectivity index is 1.77. The molecular formula is C19H18ClFN4O2. The summed E-state index contributed by atoms with van der Waals surface area (Å²) in [5, 5.41) is 7.64. The maximum absolute atomic E-state index is 13.9. The van der Waals surface area contributed by atoms with Crippen LogP contribution in [0.5, 0.6) is 5.75 Å². The van der Waals surface area contributed by atoms with Gasteiger partial charge in [-0.15, -0.1) is 5.10 Å². The summed E-state index contributed by atoms with van der Waals surface area (Å²) < 4.78 is 20.3. The van der Waals surface area contributed by atoms with E-state index in [1.807, 2.05) is 0 Å². The molecule has 0 fully saturated rings. The number of hydrogen-bond donors (Lipinski definition) is 1. The van der Waals surface area contributed by atoms with E-state index in [1.165, 1.54) is 19.2 Å². The van der Waals surface area contributed by atoms with Crippen LogP contribution in [0.25, 0.3) is 5.69 Å². The Bertz CT molecular complexity index is 972. The van der Waals surface area contributed by atoms with E-state index in [2.05, 4.69) is 15.4 Å². The lowest BCUT2D eigenvalue weighted by Crippen LogP contribution is -2.27. The lowest BCUT2D eigenvalue weighted by Gasteiger charge is -2.14. The molecule has 1 aromatic heterocycles. The topological polar surface area (TPSA) is 69.0 Å². The van der Waals surface area contributed by atoms with E-state index in [1.54, 1.807) is 48.9 Å². The molecule has 1 atom stereocenters. The van der Waals surface area contributed by atoms with Crippen molar-refractivity contribution in [2.45, 2.75) is 19.9 Å². The van der Waals surface area contributed by atoms with Crippen molar-refractivity contribution in [3.05, 3.63) is 70.5 Å². The van der Waals surface area contributed by atoms with Crippen molar-refractivity contribution >= 4 is 17.5 Å². The molecule has 0 aliphatic rings. The number of benzene rings is 2. The van der Waals surface area contributed by atoms with Gasteiger partial charge < -0.3 is 10.1 Å². The zero-order chi connectivity index (χ0) is 19.6. The first-order chi connectivity index (χ1) is 12.9. The van der Waals surface area contributed by atoms with E-state index in [9.17, 15) is 9.18 Å². The van der Waals surface area contributed by atoms with Gasteiger partial charge in [0, 0.05) is 5.02 Å². The van der Waals surface area contributed by atoms with Gasteiger partial charge >= 0.3 is 0 Å². The Hall–Kier alpha value is -2.93. The third kappa shape index (κ3) is 4.09. The summed E-state index contributed by atoms with van der Waals surface area (Å²) in [6.07, 6.45) is 0. The minimum Gasteiger partial charge on any atom is -0.494 e. The molecule has 0 saturated heterocycles. The van der Waals surface area contributed by atoms with Crippen LogP contribution in [-0.2, 0) is 0 Å². The van der Waals surface area contributed by atoms with Gasteiger partial charge in [0.2, 0.25) is 5.82 Å². The van der Waals surface area contributed by atoms with Crippen LogP contribution in [0.3, 0.4) is 0 Å². The first-order valence-electron chi connectivity index (χ1n) is 8.23. The smallest absolute Gasteiger partial charge is 0.291 e. The molecule has 0 radical (unpaired) electrons. The fourth-order valence-electron chi connectivity index (χ4n) is 2.61. The van der Waals surface area contributed by atoms with Crippen LogP contribution in [0.2, 0.25) is 5.02 Å². The summed E-state index contributed by atoms with van der Waals surface area (Å²) in [6, 6.07) is 11.2. The Morgan fingerprint density at radius 1 is 1.26 bits per heavy atom. The first-order valence-corrected chi connectivity index (χ1v) is 8.60. The number of carbonyl (C=O) groups excluding carboxylic acids is 1. The highest BCUT2D eigenvalue weighted by molar-refractivity contribution is 6.30. The fraction of sp³-hybridized carbons (Fsp3) is 0.211. The number of rotatable bonds is 5. The molecule has 0 aliphatic carbocycles. The van der Waals surface area contributed by atoms with Crippen molar-refractivity contribution in [3.63, 3.8) is 0 Å². The standard InChI is InChI=1S/C19H18ClFN4O2/c1-11(13-4-9-17(27-3)16(21)10-13)22-19(26)18-23-12(2)25(24-18)15-7-5-14(20)6-8-15/h4-11H,1-3H3,(H,22,26). The predicted molar refractivity (Wildman–Crippen MR) is 99.9 cm³/mol. The second kappa shape index (κ2) is 7.75. The van der Waals surface area contributed by atoms with Crippen molar-refractivity contribution in [2.24, 2.45) is 0 Å². The largest absolute Gasteiger partial charge is 0.494 e. The molecule has 0 aliphatic heterocycles. The number of nitrogens with one attached hydrogen (secondary N) is 1. The highest BCUT2D eigenvalue weighted by Crippen LogP contribution is 2.22. The summed E-state index contributed by atoms with van der Waals surface area (Å²) in [4.78, 5) is 16.7. The Morgan fingerprint density at radius 2 is 1.96 bits per heavy atom. The van der Waals surface area contributed by atoms with Crippen molar-refractivity contribution in [3.8, 4) is 11.4 Å². The molecule has 2 aromatic carbocycles. The van der Waals surface area contributed by atoms with E-state index < -0.39 is 17.8 Å². The number of ether oxygens (including phenoxy) is 1. The molecule has 6 nitrogen and oxygen atoms in total. The maximum atomic E-state index is 13.9. The van der Waals surface area contributed by atoms with E-state index >= 15 is 0 Å². The third-order valence-corrected chi connectivity index (χ3v) is 4.32. The van der Waals surface area contributed by atoms with Crippen LogP contribution >= 0.6 is 11.6 Å². The van der Waals surface area contributed by atoms with Gasteiger partial charge in [-0.2, -0.15) is 0 Å². The van der Waals surface area contributed by atoms with Crippen molar-refractivity contribution < 1.29 is 13.9 Å². The Labute approximate surface area is 160 Å². The van der Waals surface area contributed by atoms with E-state index in [0.717, 1.165) is 5.69 Å². The van der Waals surface area contributed by atoms with Crippen molar-refractivity contribution in [2.75, 3.05) is 7.11 Å². The molecule has 0 spiro atoms. The van der Waals surface area contributed by atoms with Gasteiger partial charge in [-0.1, -0.05) is 17.7 Å². The number of aryl methyl sites for hydroxylation is 1. The van der Waals surface area contributed by atoms with Gasteiger partial charge in [0.25, 0.3) is 5.91 Å². The molecule has 1 amide bonds. The molecule has 27 heavy (non-hydrogen) atoms. The zero-order valence-corrected chi connectivity index (χ0v) is 15.8. The van der Waals surface area contributed by atoms with Crippen LogP contribution in [0.1, 0.15) is 35.0 Å². The van der Waals surface area contributed by atoms with Gasteiger partial charge in [-0.25, -0.2) is 14.1 Å². The van der Waals surface area contributed by atoms with Gasteiger partial charge in [-0.3, -0.25) is 4.79 Å². The highest BCUT2D eigenvalue weighted by Gasteiger charge is 2.18. The van der Waals surface area contributed by atoms with Crippen LogP contribution in [0, 0.1) is 12.7 Å². The number of carbonyl (C=O) groups is 1. The molecule has 0 bridgehead atoms. The van der Waals surface area contributed by atoms with Crippen LogP contribution < -0.4 is 10.1 Å². The molecule has 1 unspecified atom stereocenters. The minimum atomic E-state index is -0.489. The quantitative estimate of drug-likeness (QED) is 0.720. The minimum absolute atomic E-state index is 0.0308. The number of halogens is 2. The second-order valence-electron chi connectivity index (χ2n) is 5.96. The summed E-state index contributed by atoms with van der Waals surface area (Å²) in [6.45, 7) is 3.50. The first kappa shape index (κ1) is 18.8. The fourth-order valence-corrected chi connectivity index (χ4v) is 2.74. The number of methoxy groups -OCH3 is 1. The van der Waals surface area contributed by atoms with Crippen LogP contribution in [0.4, 0.5) is 4.39 Å². The van der Waals surface area contributed by atoms with Gasteiger partial charge in [-0.05, 0) is 55.8 Å². The molecule has 1 heterocycles. The average Bonchev–Trinajstić information content (AvgIpc) is 3.04. The Morgan fingerprint density at radius 3 is 2.59 bits per heavy atom. The normalized spacial score (nSPS) is 11.9.